The van der Waals surface area contributed by atoms with Gasteiger partial charge in [0.15, 0.2) is 0 Å². The van der Waals surface area contributed by atoms with Crippen molar-refractivity contribution >= 4 is 51.8 Å². The van der Waals surface area contributed by atoms with E-state index in [9.17, 15) is 24.3 Å². The third kappa shape index (κ3) is 8.34. The average molecular weight is 952 g/mol. The highest BCUT2D eigenvalue weighted by atomic mass is 16.5. The first-order valence-corrected chi connectivity index (χ1v) is 26.1. The number of nitrogens with one attached hydrogen (secondary N) is 4. The molecule has 1 unspecified atom stereocenters. The van der Waals surface area contributed by atoms with Crippen molar-refractivity contribution in [2.24, 2.45) is 29.6 Å². The molecule has 12 rings (SSSR count). The molecule has 70 heavy (non-hydrogen) atoms. The fourth-order valence-electron chi connectivity index (χ4n) is 14.4. The molecule has 370 valence electrons. The van der Waals surface area contributed by atoms with Gasteiger partial charge in [-0.3, -0.25) is 9.59 Å². The van der Waals surface area contributed by atoms with Crippen LogP contribution in [0.3, 0.4) is 0 Å². The summed E-state index contributed by atoms with van der Waals surface area (Å²) in [4.78, 5) is 75.3. The molecule has 4 bridgehead atoms. The number of nitrogens with zero attached hydrogens (tertiary/aromatic N) is 5. The number of likely N-dealkylation sites (tertiary alicyclic amines) is 2. The minimum Gasteiger partial charge on any atom is -0.465 e. The zero-order chi connectivity index (χ0) is 48.6. The number of carboxylic acid groups (broad SMARTS) is 1. The van der Waals surface area contributed by atoms with E-state index in [1.165, 1.54) is 68.0 Å². The van der Waals surface area contributed by atoms with Crippen LogP contribution >= 0.6 is 0 Å². The fourth-order valence-corrected chi connectivity index (χ4v) is 14.4. The summed E-state index contributed by atoms with van der Waals surface area (Å²) >= 11 is 0. The molecule has 2 aromatic heterocycles. The first kappa shape index (κ1) is 46.3. The Morgan fingerprint density at radius 3 is 1.57 bits per heavy atom. The second-order valence-corrected chi connectivity index (χ2v) is 22.5. The molecule has 5 N–H and O–H groups in total. The molecule has 15 nitrogen and oxygen atoms in total. The van der Waals surface area contributed by atoms with Crippen LogP contribution in [-0.2, 0) is 19.7 Å². The van der Waals surface area contributed by atoms with Crippen molar-refractivity contribution in [1.82, 2.24) is 40.4 Å². The molecule has 0 spiro atoms. The summed E-state index contributed by atoms with van der Waals surface area (Å²) in [6, 6.07) is 20.9. The summed E-state index contributed by atoms with van der Waals surface area (Å²) < 4.78 is 4.86. The van der Waals surface area contributed by atoms with Crippen LogP contribution in [0.5, 0.6) is 0 Å². The summed E-state index contributed by atoms with van der Waals surface area (Å²) in [7, 11) is 1.31. The minimum atomic E-state index is -1.20. The summed E-state index contributed by atoms with van der Waals surface area (Å²) in [6.07, 6.45) is 11.5. The number of aromatic amines is 2. The van der Waals surface area contributed by atoms with Crippen molar-refractivity contribution in [2.75, 3.05) is 25.1 Å². The molecule has 7 fully saturated rings. The van der Waals surface area contributed by atoms with E-state index in [1.54, 1.807) is 4.90 Å². The van der Waals surface area contributed by atoms with E-state index < -0.39 is 24.3 Å². The first-order valence-electron chi connectivity index (χ1n) is 26.1. The number of H-pyrrole nitrogens is 2. The van der Waals surface area contributed by atoms with Gasteiger partial charge in [-0.25, -0.2) is 19.6 Å². The van der Waals surface area contributed by atoms with Crippen LogP contribution in [0.2, 0.25) is 0 Å². The van der Waals surface area contributed by atoms with Crippen molar-refractivity contribution in [2.45, 2.75) is 146 Å². The molecule has 5 aromatic rings. The van der Waals surface area contributed by atoms with Gasteiger partial charge in [0.1, 0.15) is 23.7 Å². The second-order valence-electron chi connectivity index (χ2n) is 22.5. The predicted octanol–water partition coefficient (Wildman–Crippen LogP) is 9.99. The van der Waals surface area contributed by atoms with Crippen molar-refractivity contribution < 1.29 is 29.0 Å². The SMILES string of the molecule is COC(=O)N[C@H](C(=O)N1CCC[C@H]1c1nc2ccc([C@H]3CCC(c4ccc5nc([C@@H]6CCCN6C(=O)[C@@H](NC(=O)O)C(C)C)[nH]c5c4)N3c3ccc(C45CC6CC(CC(C6)C4)C5)cc3)cc2[nH]1)C(C)C. The maximum atomic E-state index is 14.0. The predicted molar refractivity (Wildman–Crippen MR) is 267 cm³/mol. The number of aromatic nitrogens is 4. The Kier molecular flexibility index (Phi) is 12.1. The lowest BCUT2D eigenvalue weighted by molar-refractivity contribution is -0.136. The van der Waals surface area contributed by atoms with E-state index in [4.69, 9.17) is 14.7 Å². The number of hydrogen-bond acceptors (Lipinski definition) is 8. The molecule has 15 heteroatoms. The molecule has 6 atom stereocenters. The number of benzene rings is 3. The van der Waals surface area contributed by atoms with Crippen molar-refractivity contribution in [3.63, 3.8) is 0 Å². The van der Waals surface area contributed by atoms with Crippen LogP contribution < -0.4 is 15.5 Å². The van der Waals surface area contributed by atoms with Crippen LogP contribution in [-0.4, -0.2) is 91.1 Å². The second kappa shape index (κ2) is 18.2. The Morgan fingerprint density at radius 1 is 0.657 bits per heavy atom. The Labute approximate surface area is 409 Å². The zero-order valence-corrected chi connectivity index (χ0v) is 41.2. The molecule has 3 aromatic carbocycles. The molecule has 0 radical (unpaired) electrons. The number of fused-ring (bicyclic) bond motifs is 2. The molecule has 4 aliphatic carbocycles. The maximum absolute atomic E-state index is 14.0. The van der Waals surface area contributed by atoms with Crippen LogP contribution in [0.4, 0.5) is 15.3 Å². The van der Waals surface area contributed by atoms with Gasteiger partial charge in [0, 0.05) is 18.8 Å². The Morgan fingerprint density at radius 2 is 1.13 bits per heavy atom. The third-order valence-corrected chi connectivity index (χ3v) is 17.3. The van der Waals surface area contributed by atoms with Crippen LogP contribution in [0, 0.1) is 29.6 Å². The van der Waals surface area contributed by atoms with Crippen molar-refractivity contribution in [3.05, 3.63) is 89.0 Å². The normalized spacial score (nSPS) is 28.1. The fraction of sp³-hybridized carbons (Fsp3) is 0.564. The molecular formula is C55H69N9O6. The lowest BCUT2D eigenvalue weighted by Gasteiger charge is -2.57. The number of rotatable bonds is 12. The van der Waals surface area contributed by atoms with Gasteiger partial charge < -0.3 is 45.1 Å². The third-order valence-electron chi connectivity index (χ3n) is 17.3. The van der Waals surface area contributed by atoms with E-state index in [-0.39, 0.29) is 47.8 Å². The average Bonchev–Trinajstić information content (AvgIpc) is 4.20. The summed E-state index contributed by atoms with van der Waals surface area (Å²) in [5.74, 6) is 3.44. The summed E-state index contributed by atoms with van der Waals surface area (Å²) in [5, 5.41) is 14.7. The highest BCUT2D eigenvalue weighted by Gasteiger charge is 2.52. The highest BCUT2D eigenvalue weighted by molar-refractivity contribution is 5.87. The minimum absolute atomic E-state index is 0.0728. The number of carbonyl (C=O) groups is 4. The van der Waals surface area contributed by atoms with Gasteiger partial charge in [0.05, 0.1) is 53.3 Å². The van der Waals surface area contributed by atoms with Crippen molar-refractivity contribution in [3.8, 4) is 0 Å². The van der Waals surface area contributed by atoms with Crippen molar-refractivity contribution in [1.29, 1.82) is 0 Å². The summed E-state index contributed by atoms with van der Waals surface area (Å²) in [5.41, 5.74) is 8.96. The maximum Gasteiger partial charge on any atom is 0.407 e. The molecule has 4 saturated carbocycles. The lowest BCUT2D eigenvalue weighted by atomic mass is 9.48. The van der Waals surface area contributed by atoms with E-state index >= 15 is 0 Å². The number of ether oxygens (including phenoxy) is 1. The van der Waals surface area contributed by atoms with E-state index in [0.717, 1.165) is 90.0 Å². The Bertz CT molecular complexity index is 2760. The number of carbonyl (C=O) groups excluding carboxylic acids is 3. The number of alkyl carbamates (subject to hydrolysis) is 1. The van der Waals surface area contributed by atoms with Gasteiger partial charge in [0.25, 0.3) is 0 Å². The molecular weight excluding hydrogens is 883 g/mol. The Hall–Kier alpha value is -6.12. The number of imidazole rings is 2. The quantitative estimate of drug-likeness (QED) is 0.0811. The largest absolute Gasteiger partial charge is 0.465 e. The number of methoxy groups -OCH3 is 1. The molecule has 4 amide bonds. The molecule has 7 aliphatic rings. The highest BCUT2D eigenvalue weighted by Crippen LogP contribution is 2.61. The van der Waals surface area contributed by atoms with Gasteiger partial charge >= 0.3 is 12.2 Å². The van der Waals surface area contributed by atoms with Gasteiger partial charge in [-0.2, -0.15) is 0 Å². The topological polar surface area (TPSA) is 189 Å². The van der Waals surface area contributed by atoms with Gasteiger partial charge in [-0.1, -0.05) is 52.0 Å². The van der Waals surface area contributed by atoms with Crippen LogP contribution in [0.25, 0.3) is 22.1 Å². The van der Waals surface area contributed by atoms with Gasteiger partial charge in [-0.05, 0) is 165 Å². The van der Waals surface area contributed by atoms with Gasteiger partial charge in [-0.15, -0.1) is 0 Å². The Balaban J connectivity index is 0.904. The smallest absolute Gasteiger partial charge is 0.407 e. The number of amides is 4. The van der Waals surface area contributed by atoms with Crippen LogP contribution in [0.1, 0.15) is 157 Å². The molecule has 5 heterocycles. The zero-order valence-electron chi connectivity index (χ0n) is 41.2. The van der Waals surface area contributed by atoms with Gasteiger partial charge in [0.2, 0.25) is 11.8 Å². The summed E-state index contributed by atoms with van der Waals surface area (Å²) in [6.45, 7) is 8.72. The molecule has 3 saturated heterocycles. The lowest BCUT2D eigenvalue weighted by Crippen LogP contribution is -2.51. The van der Waals surface area contributed by atoms with E-state index in [1.807, 2.05) is 32.6 Å². The number of hydrogen-bond donors (Lipinski definition) is 5. The van der Waals surface area contributed by atoms with E-state index in [2.05, 4.69) is 86.2 Å². The van der Waals surface area contributed by atoms with Crippen LogP contribution in [0.15, 0.2) is 60.7 Å². The molecule has 3 aliphatic heterocycles. The first-order chi connectivity index (χ1) is 33.7. The number of anilines is 1. The monoisotopic (exact) mass is 952 g/mol. The standard InChI is InChI=1S/C55H69N9O6/c1-30(2)47(60-53(67)68)51(65)62-20-6-8-45(62)49-56-39-16-10-35(25-41(39)58-49)43-18-19-44(64(43)38-14-12-37(13-15-38)55-27-32-22-33(28-55)24-34(23-32)29-55)36-11-17-40-42(26-36)59-50(57-40)46-9-7-21-63(46)52(66)48(31(3)4)61-54(69)70-5/h10-17,25-26,30-34,43-48,60H,6-9,18-24,27-29H2,1-5H3,(H,56,58)(H,57,59)(H,61,69)(H,67,68)/t32?,33?,34?,43?,44-,45+,46+,47+,48+,55?/m1/s1. The van der Waals surface area contributed by atoms with E-state index in [0.29, 0.717) is 18.5 Å².